The van der Waals surface area contributed by atoms with Gasteiger partial charge in [-0.3, -0.25) is 4.90 Å². The molecule has 33 heavy (non-hydrogen) atoms. The first-order valence-corrected chi connectivity index (χ1v) is 11.7. The van der Waals surface area contributed by atoms with E-state index in [1.165, 1.54) is 18.5 Å². The number of piperazine rings is 1. The number of hydrogen-bond acceptors (Lipinski definition) is 6. The summed E-state index contributed by atoms with van der Waals surface area (Å²) in [5, 5.41) is 0. The molecular formula is C24H29F2N5O2. The van der Waals surface area contributed by atoms with Gasteiger partial charge in [0.15, 0.2) is 0 Å². The van der Waals surface area contributed by atoms with Crippen LogP contribution in [0.1, 0.15) is 26.2 Å². The summed E-state index contributed by atoms with van der Waals surface area (Å²) in [6, 6.07) is 5.09. The van der Waals surface area contributed by atoms with Gasteiger partial charge in [0.2, 0.25) is 5.95 Å². The van der Waals surface area contributed by atoms with Crippen LogP contribution in [0.5, 0.6) is 0 Å². The smallest absolute Gasteiger partial charge is 0.409 e. The Kier molecular flexibility index (Phi) is 5.90. The number of nitrogens with zero attached hydrogens (tertiary/aromatic N) is 5. The van der Waals surface area contributed by atoms with E-state index in [2.05, 4.69) is 19.8 Å². The second-order valence-electron chi connectivity index (χ2n) is 9.34. The molecule has 1 aliphatic carbocycles. The molecule has 2 aromatic rings. The van der Waals surface area contributed by atoms with Crippen molar-refractivity contribution in [1.29, 1.82) is 0 Å². The van der Waals surface area contributed by atoms with Crippen molar-refractivity contribution in [2.45, 2.75) is 32.2 Å². The van der Waals surface area contributed by atoms with Crippen LogP contribution in [-0.2, 0) is 4.74 Å². The van der Waals surface area contributed by atoms with Gasteiger partial charge in [0, 0.05) is 68.0 Å². The summed E-state index contributed by atoms with van der Waals surface area (Å²) in [7, 11) is 0. The second kappa shape index (κ2) is 8.85. The Bertz CT molecular complexity index is 1020. The van der Waals surface area contributed by atoms with Crippen LogP contribution in [0.3, 0.4) is 0 Å². The van der Waals surface area contributed by atoms with Gasteiger partial charge in [0.25, 0.3) is 0 Å². The summed E-state index contributed by atoms with van der Waals surface area (Å²) in [5.74, 6) is -0.530. The van der Waals surface area contributed by atoms with Crippen LogP contribution < -0.4 is 4.90 Å². The molecule has 176 valence electrons. The molecule has 3 aliphatic rings. The lowest BCUT2D eigenvalue weighted by molar-refractivity contribution is -0.00294. The number of hydrogen-bond donors (Lipinski definition) is 0. The van der Waals surface area contributed by atoms with Crippen LogP contribution in [0, 0.1) is 17.2 Å². The molecule has 2 aliphatic heterocycles. The van der Waals surface area contributed by atoms with Crippen molar-refractivity contribution in [1.82, 2.24) is 19.8 Å². The monoisotopic (exact) mass is 457 g/mol. The normalized spacial score (nSPS) is 22.5. The second-order valence-corrected chi connectivity index (χ2v) is 9.34. The Labute approximate surface area is 192 Å². The van der Waals surface area contributed by atoms with Gasteiger partial charge >= 0.3 is 6.09 Å². The highest BCUT2D eigenvalue weighted by Crippen LogP contribution is 2.47. The fraction of sp³-hybridized carbons (Fsp3) is 0.542. The zero-order valence-corrected chi connectivity index (χ0v) is 18.8. The predicted molar refractivity (Wildman–Crippen MR) is 120 cm³/mol. The molecule has 0 radical (unpaired) electrons. The Balaban J connectivity index is 1.22. The molecule has 9 heteroatoms. The molecule has 0 aromatic carbocycles. The molecule has 1 spiro atoms. The number of ether oxygens (including phenoxy) is 1. The highest BCUT2D eigenvalue weighted by molar-refractivity contribution is 5.75. The topological polar surface area (TPSA) is 61.8 Å². The molecule has 3 fully saturated rings. The number of likely N-dealkylation sites (tertiary alicyclic amines) is 1. The standard InChI is InChI=1S/C24H29F2N5O2/c1-2-33-23(32)31-15-24(16-31)6-5-18(13-24)29-8-10-30(11-9-29)22-20(12-17(25)14-28-22)19-4-3-7-27-21(19)26/h3-4,7,12,14,18H,2,5-6,8-11,13,15-16H2,1H3/t18-/m1/s1. The van der Waals surface area contributed by atoms with E-state index in [-0.39, 0.29) is 17.1 Å². The summed E-state index contributed by atoms with van der Waals surface area (Å²) in [4.78, 5) is 26.4. The molecular weight excluding hydrogens is 428 g/mol. The molecule has 1 saturated carbocycles. The van der Waals surface area contributed by atoms with Crippen molar-refractivity contribution >= 4 is 11.9 Å². The maximum absolute atomic E-state index is 14.3. The quantitative estimate of drug-likeness (QED) is 0.655. The number of aromatic nitrogens is 2. The third-order valence-electron chi connectivity index (χ3n) is 7.27. The van der Waals surface area contributed by atoms with Crippen molar-refractivity contribution in [3.8, 4) is 11.1 Å². The molecule has 0 bridgehead atoms. The minimum absolute atomic E-state index is 0.201. The maximum atomic E-state index is 14.3. The van der Waals surface area contributed by atoms with Gasteiger partial charge in [-0.25, -0.2) is 19.2 Å². The summed E-state index contributed by atoms with van der Waals surface area (Å²) >= 11 is 0. The van der Waals surface area contributed by atoms with Gasteiger partial charge in [-0.2, -0.15) is 4.39 Å². The molecule has 7 nitrogen and oxygen atoms in total. The molecule has 0 N–H and O–H groups in total. The lowest BCUT2D eigenvalue weighted by atomic mass is 9.78. The molecule has 2 aromatic heterocycles. The number of amides is 1. The van der Waals surface area contributed by atoms with E-state index in [1.54, 1.807) is 12.1 Å². The Morgan fingerprint density at radius 3 is 2.70 bits per heavy atom. The summed E-state index contributed by atoms with van der Waals surface area (Å²) in [5.41, 5.74) is 0.927. The number of carbonyl (C=O) groups is 1. The third-order valence-corrected chi connectivity index (χ3v) is 7.27. The van der Waals surface area contributed by atoms with Gasteiger partial charge in [0.1, 0.15) is 11.6 Å². The first-order valence-electron chi connectivity index (χ1n) is 11.7. The van der Waals surface area contributed by atoms with E-state index >= 15 is 0 Å². The predicted octanol–water partition coefficient (Wildman–Crippen LogP) is 3.55. The van der Waals surface area contributed by atoms with E-state index in [1.807, 2.05) is 11.8 Å². The Morgan fingerprint density at radius 2 is 1.97 bits per heavy atom. The number of pyridine rings is 2. The van der Waals surface area contributed by atoms with Crippen LogP contribution in [0.4, 0.5) is 19.4 Å². The van der Waals surface area contributed by atoms with Gasteiger partial charge in [-0.15, -0.1) is 0 Å². The lowest BCUT2D eigenvalue weighted by Gasteiger charge is -2.48. The Hall–Kier alpha value is -2.81. The molecule has 4 heterocycles. The van der Waals surface area contributed by atoms with Gasteiger partial charge in [0.05, 0.1) is 12.8 Å². The molecule has 1 amide bonds. The van der Waals surface area contributed by atoms with Crippen LogP contribution in [0.25, 0.3) is 11.1 Å². The molecule has 0 unspecified atom stereocenters. The SMILES string of the molecule is CCOC(=O)N1CC2(CC[C@@H](N3CCN(c4ncc(F)cc4-c4cccnc4F)CC3)C2)C1. The minimum Gasteiger partial charge on any atom is -0.450 e. The zero-order valence-electron chi connectivity index (χ0n) is 18.8. The van der Waals surface area contributed by atoms with Gasteiger partial charge in [-0.05, 0) is 44.4 Å². The third kappa shape index (κ3) is 4.26. The van der Waals surface area contributed by atoms with Crippen LogP contribution in [-0.4, -0.2) is 77.8 Å². The van der Waals surface area contributed by atoms with E-state index in [0.29, 0.717) is 24.0 Å². The number of rotatable bonds is 4. The molecule has 1 atom stereocenters. The van der Waals surface area contributed by atoms with Crippen molar-refractivity contribution in [2.75, 3.05) is 50.8 Å². The fourth-order valence-corrected chi connectivity index (χ4v) is 5.65. The van der Waals surface area contributed by atoms with Crippen LogP contribution in [0.2, 0.25) is 0 Å². The average molecular weight is 458 g/mol. The maximum Gasteiger partial charge on any atom is 0.409 e. The van der Waals surface area contributed by atoms with Crippen LogP contribution in [0.15, 0.2) is 30.6 Å². The number of carbonyl (C=O) groups excluding carboxylic acids is 1. The van der Waals surface area contributed by atoms with Gasteiger partial charge < -0.3 is 14.5 Å². The summed E-state index contributed by atoms with van der Waals surface area (Å²) < 4.78 is 33.4. The van der Waals surface area contributed by atoms with E-state index in [4.69, 9.17) is 4.74 Å². The summed E-state index contributed by atoms with van der Waals surface area (Å²) in [6.45, 7) is 7.05. The number of halogens is 2. The van der Waals surface area contributed by atoms with Crippen LogP contribution >= 0.6 is 0 Å². The molecule has 2 saturated heterocycles. The largest absolute Gasteiger partial charge is 0.450 e. The lowest BCUT2D eigenvalue weighted by Crippen LogP contribution is -2.58. The van der Waals surface area contributed by atoms with E-state index in [0.717, 1.165) is 58.5 Å². The number of anilines is 1. The molecule has 5 rings (SSSR count). The fourth-order valence-electron chi connectivity index (χ4n) is 5.65. The highest BCUT2D eigenvalue weighted by atomic mass is 19.1. The van der Waals surface area contributed by atoms with E-state index < -0.39 is 11.8 Å². The zero-order chi connectivity index (χ0) is 23.0. The van der Waals surface area contributed by atoms with Crippen molar-refractivity contribution in [3.63, 3.8) is 0 Å². The minimum atomic E-state index is -0.626. The van der Waals surface area contributed by atoms with E-state index in [9.17, 15) is 13.6 Å². The highest BCUT2D eigenvalue weighted by Gasteiger charge is 2.51. The van der Waals surface area contributed by atoms with Crippen molar-refractivity contribution < 1.29 is 18.3 Å². The van der Waals surface area contributed by atoms with Crippen molar-refractivity contribution in [2.24, 2.45) is 5.41 Å². The summed E-state index contributed by atoms with van der Waals surface area (Å²) in [6.07, 6.45) is 5.74. The van der Waals surface area contributed by atoms with Crippen molar-refractivity contribution in [3.05, 3.63) is 42.4 Å². The first kappa shape index (κ1) is 22.0. The van der Waals surface area contributed by atoms with Gasteiger partial charge in [-0.1, -0.05) is 0 Å². The first-order chi connectivity index (χ1) is 16.0. The Morgan fingerprint density at radius 1 is 1.18 bits per heavy atom. The average Bonchev–Trinajstić information content (AvgIpc) is 3.25.